The molecule has 4 nitrogen and oxygen atoms in total. The van der Waals surface area contributed by atoms with Crippen molar-refractivity contribution in [3.8, 4) is 11.6 Å². The van der Waals surface area contributed by atoms with Gasteiger partial charge in [0.1, 0.15) is 17.5 Å². The number of nitrogens with zero attached hydrogens (tertiary/aromatic N) is 2. The summed E-state index contributed by atoms with van der Waals surface area (Å²) >= 11 is 6.00. The minimum absolute atomic E-state index is 0.309. The Bertz CT molecular complexity index is 629. The average Bonchev–Trinajstić information content (AvgIpc) is 2.47. The number of halogens is 1. The molecule has 0 saturated carbocycles. The summed E-state index contributed by atoms with van der Waals surface area (Å²) in [5.74, 6) is 1.62. The summed E-state index contributed by atoms with van der Waals surface area (Å²) in [6, 6.07) is 9.30. The molecule has 1 aromatic carbocycles. The van der Waals surface area contributed by atoms with E-state index in [1.54, 1.807) is 6.07 Å². The fourth-order valence-electron chi connectivity index (χ4n) is 1.76. The average molecular weight is 305 g/mol. The minimum Gasteiger partial charge on any atom is -0.438 e. The lowest BCUT2D eigenvalue weighted by Gasteiger charge is -2.09. The number of hydrogen-bond acceptors (Lipinski definition) is 4. The molecule has 0 aliphatic rings. The van der Waals surface area contributed by atoms with E-state index < -0.39 is 0 Å². The Morgan fingerprint density at radius 2 is 2.05 bits per heavy atom. The Hall–Kier alpha value is -1.91. The molecular formula is C16H17ClN2O2. The van der Waals surface area contributed by atoms with Crippen LogP contribution in [0.4, 0.5) is 0 Å². The number of ether oxygens (including phenoxy) is 2. The third-order valence-electron chi connectivity index (χ3n) is 2.63. The second-order valence-electron chi connectivity index (χ2n) is 4.22. The lowest BCUT2D eigenvalue weighted by Crippen LogP contribution is -2.01. The Balaban J connectivity index is 2.25. The van der Waals surface area contributed by atoms with Crippen molar-refractivity contribution in [3.63, 3.8) is 0 Å². The first kappa shape index (κ1) is 15.5. The highest BCUT2D eigenvalue weighted by molar-refractivity contribution is 6.29. The smallest absolute Gasteiger partial charge is 0.224 e. The molecule has 1 heterocycles. The fraction of sp³-hybridized carbons (Fsp3) is 0.250. The van der Waals surface area contributed by atoms with Crippen LogP contribution in [0.2, 0.25) is 5.15 Å². The quantitative estimate of drug-likeness (QED) is 0.737. The zero-order valence-electron chi connectivity index (χ0n) is 12.0. The van der Waals surface area contributed by atoms with Gasteiger partial charge in [0.2, 0.25) is 5.88 Å². The molecule has 5 heteroatoms. The van der Waals surface area contributed by atoms with E-state index in [0.717, 1.165) is 5.56 Å². The molecule has 21 heavy (non-hydrogen) atoms. The topological polar surface area (TPSA) is 44.2 Å². The second kappa shape index (κ2) is 7.76. The zero-order valence-corrected chi connectivity index (χ0v) is 12.8. The Labute approximate surface area is 129 Å². The van der Waals surface area contributed by atoms with Crippen molar-refractivity contribution in [3.05, 3.63) is 52.9 Å². The summed E-state index contributed by atoms with van der Waals surface area (Å²) in [5.41, 5.74) is 0.973. The van der Waals surface area contributed by atoms with Crippen LogP contribution in [0.1, 0.15) is 25.2 Å². The second-order valence-corrected chi connectivity index (χ2v) is 4.61. The van der Waals surface area contributed by atoms with E-state index >= 15 is 0 Å². The maximum absolute atomic E-state index is 6.00. The summed E-state index contributed by atoms with van der Waals surface area (Å²) in [6.45, 7) is 4.77. The van der Waals surface area contributed by atoms with Crippen LogP contribution in [-0.2, 0) is 11.3 Å². The highest BCUT2D eigenvalue weighted by Gasteiger charge is 2.07. The molecular weight excluding hydrogens is 288 g/mol. The van der Waals surface area contributed by atoms with Crippen molar-refractivity contribution in [1.29, 1.82) is 0 Å². The van der Waals surface area contributed by atoms with E-state index in [4.69, 9.17) is 21.1 Å². The van der Waals surface area contributed by atoms with E-state index in [0.29, 0.717) is 35.8 Å². The van der Waals surface area contributed by atoms with E-state index in [2.05, 4.69) is 9.97 Å². The van der Waals surface area contributed by atoms with Crippen LogP contribution < -0.4 is 4.74 Å². The van der Waals surface area contributed by atoms with Crippen LogP contribution in [0.3, 0.4) is 0 Å². The number of benzene rings is 1. The van der Waals surface area contributed by atoms with Crippen molar-refractivity contribution in [2.45, 2.75) is 20.5 Å². The van der Waals surface area contributed by atoms with Gasteiger partial charge in [0, 0.05) is 18.2 Å². The molecule has 0 spiro atoms. The van der Waals surface area contributed by atoms with E-state index in [1.807, 2.05) is 50.3 Å². The van der Waals surface area contributed by atoms with Gasteiger partial charge in [0.05, 0.1) is 0 Å². The van der Waals surface area contributed by atoms with E-state index in [-0.39, 0.29) is 0 Å². The lowest BCUT2D eigenvalue weighted by atomic mass is 10.2. The van der Waals surface area contributed by atoms with E-state index in [9.17, 15) is 0 Å². The fourth-order valence-corrected chi connectivity index (χ4v) is 1.95. The van der Waals surface area contributed by atoms with Gasteiger partial charge in [0.25, 0.3) is 0 Å². The van der Waals surface area contributed by atoms with Gasteiger partial charge in [-0.05, 0) is 19.9 Å². The molecule has 0 atom stereocenters. The SMILES string of the molecule is C/C=C/c1ccccc1Oc1cc(Cl)nc(COCC)n1. The number of aromatic nitrogens is 2. The molecule has 0 radical (unpaired) electrons. The highest BCUT2D eigenvalue weighted by atomic mass is 35.5. The van der Waals surface area contributed by atoms with Gasteiger partial charge in [-0.15, -0.1) is 0 Å². The zero-order chi connectivity index (χ0) is 15.1. The summed E-state index contributed by atoms with van der Waals surface area (Å²) in [7, 11) is 0. The molecule has 0 N–H and O–H groups in total. The molecule has 110 valence electrons. The van der Waals surface area contributed by atoms with Gasteiger partial charge in [-0.2, -0.15) is 4.98 Å². The predicted octanol–water partition coefficient (Wildman–Crippen LogP) is 4.49. The first-order valence-electron chi connectivity index (χ1n) is 6.73. The van der Waals surface area contributed by atoms with Crippen LogP contribution in [0, 0.1) is 0 Å². The van der Waals surface area contributed by atoms with Gasteiger partial charge >= 0.3 is 0 Å². The maximum atomic E-state index is 6.00. The van der Waals surface area contributed by atoms with Gasteiger partial charge in [-0.3, -0.25) is 0 Å². The normalized spacial score (nSPS) is 11.0. The standard InChI is InChI=1S/C16H17ClN2O2/c1-3-7-12-8-5-6-9-13(12)21-16-10-14(17)18-15(19-16)11-20-4-2/h3,5-10H,4,11H2,1-2H3/b7-3+. The van der Waals surface area contributed by atoms with Gasteiger partial charge in [0.15, 0.2) is 5.82 Å². The molecule has 2 rings (SSSR count). The van der Waals surface area contributed by atoms with Gasteiger partial charge < -0.3 is 9.47 Å². The van der Waals surface area contributed by atoms with E-state index in [1.165, 1.54) is 0 Å². The van der Waals surface area contributed by atoms with Gasteiger partial charge in [-0.1, -0.05) is 42.0 Å². The van der Waals surface area contributed by atoms with Crippen molar-refractivity contribution in [2.24, 2.45) is 0 Å². The summed E-state index contributed by atoms with van der Waals surface area (Å²) in [5, 5.41) is 0.332. The van der Waals surface area contributed by atoms with Crippen molar-refractivity contribution < 1.29 is 9.47 Å². The first-order valence-corrected chi connectivity index (χ1v) is 7.11. The number of hydrogen-bond donors (Lipinski definition) is 0. The Morgan fingerprint density at radius 3 is 2.81 bits per heavy atom. The third kappa shape index (κ3) is 4.55. The molecule has 2 aromatic rings. The molecule has 0 fully saturated rings. The minimum atomic E-state index is 0.309. The van der Waals surface area contributed by atoms with Crippen LogP contribution in [0.25, 0.3) is 6.08 Å². The van der Waals surface area contributed by atoms with Crippen LogP contribution in [0.5, 0.6) is 11.6 Å². The molecule has 0 aliphatic heterocycles. The molecule has 1 aromatic heterocycles. The molecule has 0 amide bonds. The highest BCUT2D eigenvalue weighted by Crippen LogP contribution is 2.26. The molecule has 0 bridgehead atoms. The maximum Gasteiger partial charge on any atom is 0.224 e. The van der Waals surface area contributed by atoms with Crippen molar-refractivity contribution in [2.75, 3.05) is 6.61 Å². The van der Waals surface area contributed by atoms with Crippen molar-refractivity contribution in [1.82, 2.24) is 9.97 Å². The molecule has 0 unspecified atom stereocenters. The number of para-hydroxylation sites is 1. The molecule has 0 saturated heterocycles. The van der Waals surface area contributed by atoms with Gasteiger partial charge in [-0.25, -0.2) is 4.98 Å². The first-order chi connectivity index (χ1) is 10.2. The Morgan fingerprint density at radius 1 is 1.24 bits per heavy atom. The summed E-state index contributed by atoms with van der Waals surface area (Å²) in [4.78, 5) is 8.41. The predicted molar refractivity (Wildman–Crippen MR) is 83.6 cm³/mol. The van der Waals surface area contributed by atoms with Crippen LogP contribution >= 0.6 is 11.6 Å². The van der Waals surface area contributed by atoms with Crippen LogP contribution in [0.15, 0.2) is 36.4 Å². The number of rotatable bonds is 6. The molecule has 0 aliphatic carbocycles. The Kier molecular flexibility index (Phi) is 5.72. The third-order valence-corrected chi connectivity index (χ3v) is 2.83. The lowest BCUT2D eigenvalue weighted by molar-refractivity contribution is 0.128. The monoisotopic (exact) mass is 304 g/mol. The van der Waals surface area contributed by atoms with Crippen molar-refractivity contribution >= 4 is 17.7 Å². The van der Waals surface area contributed by atoms with Crippen LogP contribution in [-0.4, -0.2) is 16.6 Å². The summed E-state index contributed by atoms with van der Waals surface area (Å²) < 4.78 is 11.1. The summed E-state index contributed by atoms with van der Waals surface area (Å²) in [6.07, 6.45) is 3.93. The number of allylic oxidation sites excluding steroid dienone is 1. The largest absolute Gasteiger partial charge is 0.438 e.